The van der Waals surface area contributed by atoms with Gasteiger partial charge in [0.05, 0.1) is 6.54 Å². The largest absolute Gasteiger partial charge is 0.480 e. The van der Waals surface area contributed by atoms with Crippen molar-refractivity contribution in [1.82, 2.24) is 4.90 Å². The Morgan fingerprint density at radius 1 is 1.53 bits per heavy atom. The van der Waals surface area contributed by atoms with E-state index in [-0.39, 0.29) is 13.2 Å². The predicted octanol–water partition coefficient (Wildman–Crippen LogP) is 1.75. The molecule has 1 saturated heterocycles. The van der Waals surface area contributed by atoms with Gasteiger partial charge in [-0.1, -0.05) is 29.8 Å². The van der Waals surface area contributed by atoms with Gasteiger partial charge in [-0.15, -0.1) is 0 Å². The highest BCUT2D eigenvalue weighted by atomic mass is 35.5. The molecule has 1 aromatic carbocycles. The summed E-state index contributed by atoms with van der Waals surface area (Å²) >= 11 is 5.95. The van der Waals surface area contributed by atoms with Crippen molar-refractivity contribution < 1.29 is 19.4 Å². The number of hydrogen-bond acceptors (Lipinski definition) is 3. The Kier molecular flexibility index (Phi) is 3.19. The monoisotopic (exact) mass is 255 g/mol. The van der Waals surface area contributed by atoms with Gasteiger partial charge in [-0.2, -0.15) is 0 Å². The molecule has 2 rings (SSSR count). The summed E-state index contributed by atoms with van der Waals surface area (Å²) < 4.78 is 4.71. The maximum atomic E-state index is 11.4. The number of benzene rings is 1. The molecule has 1 atom stereocenters. The molecule has 90 valence electrons. The molecule has 1 N–H and O–H groups in total. The third-order valence-electron chi connectivity index (χ3n) is 2.56. The van der Waals surface area contributed by atoms with E-state index in [2.05, 4.69) is 0 Å². The molecule has 1 unspecified atom stereocenters. The van der Waals surface area contributed by atoms with Gasteiger partial charge in [0.2, 0.25) is 0 Å². The second-order valence-corrected chi connectivity index (χ2v) is 4.06. The smallest absolute Gasteiger partial charge is 0.411 e. The molecule has 6 heteroatoms. The van der Waals surface area contributed by atoms with Crippen molar-refractivity contribution in [1.29, 1.82) is 0 Å². The number of halogens is 1. The number of rotatable bonds is 3. The fourth-order valence-corrected chi connectivity index (χ4v) is 1.84. The number of carboxylic acids is 1. The highest BCUT2D eigenvalue weighted by Crippen LogP contribution is 2.21. The molecule has 0 aromatic heterocycles. The molecule has 0 aliphatic carbocycles. The lowest BCUT2D eigenvalue weighted by Gasteiger charge is -2.18. The maximum absolute atomic E-state index is 11.4. The molecular formula is C11H10ClNO4. The van der Waals surface area contributed by atoms with Crippen LogP contribution in [0.5, 0.6) is 0 Å². The second-order valence-electron chi connectivity index (χ2n) is 3.65. The van der Waals surface area contributed by atoms with Crippen LogP contribution in [0.3, 0.4) is 0 Å². The minimum absolute atomic E-state index is 0.126. The van der Waals surface area contributed by atoms with E-state index in [4.69, 9.17) is 21.4 Å². The van der Waals surface area contributed by atoms with Crippen molar-refractivity contribution in [3.8, 4) is 0 Å². The van der Waals surface area contributed by atoms with Crippen LogP contribution in [-0.2, 0) is 16.1 Å². The zero-order valence-electron chi connectivity index (χ0n) is 8.80. The Hall–Kier alpha value is -1.75. The Labute approximate surface area is 103 Å². The summed E-state index contributed by atoms with van der Waals surface area (Å²) in [4.78, 5) is 23.5. The van der Waals surface area contributed by atoms with Crippen LogP contribution < -0.4 is 0 Å². The molecule has 17 heavy (non-hydrogen) atoms. The zero-order valence-corrected chi connectivity index (χ0v) is 9.55. The van der Waals surface area contributed by atoms with E-state index >= 15 is 0 Å². The molecule has 1 aliphatic heterocycles. The number of carboxylic acid groups (broad SMARTS) is 1. The number of carbonyl (C=O) groups is 2. The lowest BCUT2D eigenvalue weighted by Crippen LogP contribution is -2.38. The van der Waals surface area contributed by atoms with Crippen molar-refractivity contribution >= 4 is 23.7 Å². The van der Waals surface area contributed by atoms with Gasteiger partial charge in [0.25, 0.3) is 0 Å². The lowest BCUT2D eigenvalue weighted by atomic mass is 10.2. The minimum atomic E-state index is -1.08. The Morgan fingerprint density at radius 3 is 2.88 bits per heavy atom. The van der Waals surface area contributed by atoms with Crippen LogP contribution in [0.4, 0.5) is 4.79 Å². The van der Waals surface area contributed by atoms with Crippen LogP contribution in [0.1, 0.15) is 5.56 Å². The molecular weight excluding hydrogens is 246 g/mol. The van der Waals surface area contributed by atoms with Crippen LogP contribution in [0.2, 0.25) is 5.02 Å². The first-order chi connectivity index (χ1) is 8.09. The van der Waals surface area contributed by atoms with Gasteiger partial charge < -0.3 is 9.84 Å². The topological polar surface area (TPSA) is 66.8 Å². The molecule has 0 saturated carbocycles. The fourth-order valence-electron chi connectivity index (χ4n) is 1.64. The van der Waals surface area contributed by atoms with Crippen molar-refractivity contribution in [2.75, 3.05) is 6.61 Å². The van der Waals surface area contributed by atoms with E-state index < -0.39 is 18.1 Å². The molecule has 1 amide bonds. The summed E-state index contributed by atoms with van der Waals surface area (Å²) in [6.45, 7) is 0.00803. The standard InChI is InChI=1S/C11H10ClNO4/c12-8-4-2-1-3-7(8)5-13-9(10(14)15)6-17-11(13)16/h1-4,9H,5-6H2,(H,14,15). The first kappa shape index (κ1) is 11.7. The molecule has 0 bridgehead atoms. The first-order valence-corrected chi connectivity index (χ1v) is 5.37. The normalized spacial score (nSPS) is 19.2. The van der Waals surface area contributed by atoms with Crippen LogP contribution in [0.15, 0.2) is 24.3 Å². The number of aliphatic carboxylic acids is 1. The quantitative estimate of drug-likeness (QED) is 0.893. The molecule has 0 radical (unpaired) electrons. The highest BCUT2D eigenvalue weighted by Gasteiger charge is 2.38. The van der Waals surface area contributed by atoms with Crippen LogP contribution in [0, 0.1) is 0 Å². The third-order valence-corrected chi connectivity index (χ3v) is 2.93. The SMILES string of the molecule is O=C(O)C1COC(=O)N1Cc1ccccc1Cl. The molecule has 1 fully saturated rings. The van der Waals surface area contributed by atoms with E-state index in [1.165, 1.54) is 0 Å². The molecule has 0 spiro atoms. The number of nitrogens with zero attached hydrogens (tertiary/aromatic N) is 1. The summed E-state index contributed by atoms with van der Waals surface area (Å²) in [5.74, 6) is -1.08. The van der Waals surface area contributed by atoms with Crippen molar-refractivity contribution in [2.45, 2.75) is 12.6 Å². The molecule has 1 heterocycles. The van der Waals surface area contributed by atoms with E-state index in [1.807, 2.05) is 0 Å². The average molecular weight is 256 g/mol. The summed E-state index contributed by atoms with van der Waals surface area (Å²) in [5, 5.41) is 9.44. The van der Waals surface area contributed by atoms with Gasteiger partial charge in [0.1, 0.15) is 6.61 Å². The number of amides is 1. The number of ether oxygens (including phenoxy) is 1. The predicted molar refractivity (Wildman–Crippen MR) is 59.8 cm³/mol. The van der Waals surface area contributed by atoms with Crippen LogP contribution in [-0.4, -0.2) is 34.7 Å². The highest BCUT2D eigenvalue weighted by molar-refractivity contribution is 6.31. The van der Waals surface area contributed by atoms with Crippen molar-refractivity contribution in [3.63, 3.8) is 0 Å². The molecule has 5 nitrogen and oxygen atoms in total. The van der Waals surface area contributed by atoms with E-state index in [0.717, 1.165) is 4.90 Å². The Bertz CT molecular complexity index is 463. The van der Waals surface area contributed by atoms with Gasteiger partial charge in [0.15, 0.2) is 6.04 Å². The lowest BCUT2D eigenvalue weighted by molar-refractivity contribution is -0.141. The van der Waals surface area contributed by atoms with Gasteiger partial charge in [-0.25, -0.2) is 9.59 Å². The number of hydrogen-bond donors (Lipinski definition) is 1. The Morgan fingerprint density at radius 2 is 2.24 bits per heavy atom. The molecule has 1 aromatic rings. The van der Waals surface area contributed by atoms with Gasteiger partial charge >= 0.3 is 12.1 Å². The first-order valence-electron chi connectivity index (χ1n) is 4.99. The second kappa shape index (κ2) is 4.63. The maximum Gasteiger partial charge on any atom is 0.411 e. The molecule has 1 aliphatic rings. The number of cyclic esters (lactones) is 1. The third kappa shape index (κ3) is 2.34. The summed E-state index contributed by atoms with van der Waals surface area (Å²) in [7, 11) is 0. The van der Waals surface area contributed by atoms with Gasteiger partial charge in [-0.05, 0) is 11.6 Å². The summed E-state index contributed by atoms with van der Waals surface area (Å²) in [6.07, 6.45) is -0.627. The Balaban J connectivity index is 2.19. The van der Waals surface area contributed by atoms with Crippen molar-refractivity contribution in [3.05, 3.63) is 34.9 Å². The minimum Gasteiger partial charge on any atom is -0.480 e. The van der Waals surface area contributed by atoms with E-state index in [0.29, 0.717) is 10.6 Å². The van der Waals surface area contributed by atoms with Gasteiger partial charge in [0, 0.05) is 5.02 Å². The van der Waals surface area contributed by atoms with E-state index in [9.17, 15) is 9.59 Å². The zero-order chi connectivity index (χ0) is 12.4. The van der Waals surface area contributed by atoms with Crippen LogP contribution >= 0.6 is 11.6 Å². The summed E-state index contributed by atoms with van der Waals surface area (Å²) in [5.41, 5.74) is 0.694. The van der Waals surface area contributed by atoms with Gasteiger partial charge in [-0.3, -0.25) is 4.90 Å². The number of carbonyl (C=O) groups excluding carboxylic acids is 1. The van der Waals surface area contributed by atoms with E-state index in [1.54, 1.807) is 24.3 Å². The van der Waals surface area contributed by atoms with Crippen molar-refractivity contribution in [2.24, 2.45) is 0 Å². The van der Waals surface area contributed by atoms with Crippen LogP contribution in [0.25, 0.3) is 0 Å². The fraction of sp³-hybridized carbons (Fsp3) is 0.273. The summed E-state index contributed by atoms with van der Waals surface area (Å²) in [6, 6.07) is 6.03. The average Bonchev–Trinajstić information content (AvgIpc) is 2.64.